The Kier molecular flexibility index (Phi) is 6.45. The summed E-state index contributed by atoms with van der Waals surface area (Å²) in [7, 11) is 0. The van der Waals surface area contributed by atoms with Crippen molar-refractivity contribution in [1.29, 1.82) is 0 Å². The van der Waals surface area contributed by atoms with Crippen LogP contribution in [0, 0.1) is 0 Å². The van der Waals surface area contributed by atoms with Crippen molar-refractivity contribution >= 4 is 18.3 Å². The fraction of sp³-hybridized carbons (Fsp3) is 0.462. The van der Waals surface area contributed by atoms with Crippen molar-refractivity contribution in [2.45, 2.75) is 19.4 Å². The Balaban J connectivity index is 0.00000180. The molecule has 6 heteroatoms. The maximum Gasteiger partial charge on any atom is 0.220 e. The SMILES string of the molecule is Cl.NCCCC(=O)NCc1ccc2c(c1)OCCO2. The monoisotopic (exact) mass is 286 g/mol. The van der Waals surface area contributed by atoms with Crippen LogP contribution in [-0.2, 0) is 11.3 Å². The van der Waals surface area contributed by atoms with Gasteiger partial charge in [0.15, 0.2) is 11.5 Å². The molecule has 0 bridgehead atoms. The number of rotatable bonds is 5. The molecule has 3 N–H and O–H groups in total. The summed E-state index contributed by atoms with van der Waals surface area (Å²) in [4.78, 5) is 11.4. The summed E-state index contributed by atoms with van der Waals surface area (Å²) in [6, 6.07) is 5.70. The van der Waals surface area contributed by atoms with Crippen LogP contribution in [0.1, 0.15) is 18.4 Å². The van der Waals surface area contributed by atoms with E-state index >= 15 is 0 Å². The molecule has 0 fully saturated rings. The van der Waals surface area contributed by atoms with Crippen molar-refractivity contribution in [3.63, 3.8) is 0 Å². The Morgan fingerprint density at radius 3 is 2.74 bits per heavy atom. The van der Waals surface area contributed by atoms with Crippen molar-refractivity contribution in [1.82, 2.24) is 5.32 Å². The molecule has 0 radical (unpaired) electrons. The van der Waals surface area contributed by atoms with Gasteiger partial charge in [0, 0.05) is 13.0 Å². The van der Waals surface area contributed by atoms with Crippen LogP contribution in [0.2, 0.25) is 0 Å². The lowest BCUT2D eigenvalue weighted by Gasteiger charge is -2.18. The molecule has 2 rings (SSSR count). The van der Waals surface area contributed by atoms with E-state index in [9.17, 15) is 4.79 Å². The third-order valence-electron chi connectivity index (χ3n) is 2.70. The molecule has 0 aliphatic carbocycles. The number of amides is 1. The lowest BCUT2D eigenvalue weighted by atomic mass is 10.2. The summed E-state index contributed by atoms with van der Waals surface area (Å²) in [6.45, 7) is 2.19. The average Bonchev–Trinajstić information content (AvgIpc) is 2.42. The maximum absolute atomic E-state index is 11.4. The molecule has 5 nitrogen and oxygen atoms in total. The van der Waals surface area contributed by atoms with Crippen molar-refractivity contribution in [3.8, 4) is 11.5 Å². The maximum atomic E-state index is 11.4. The van der Waals surface area contributed by atoms with Gasteiger partial charge in [-0.05, 0) is 30.7 Å². The van der Waals surface area contributed by atoms with E-state index in [0.29, 0.717) is 39.1 Å². The van der Waals surface area contributed by atoms with Crippen molar-refractivity contribution in [2.24, 2.45) is 5.73 Å². The number of nitrogens with two attached hydrogens (primary N) is 1. The molecule has 19 heavy (non-hydrogen) atoms. The molecule has 1 aromatic rings. The average molecular weight is 287 g/mol. The lowest BCUT2D eigenvalue weighted by molar-refractivity contribution is -0.121. The van der Waals surface area contributed by atoms with E-state index in [2.05, 4.69) is 5.32 Å². The molecule has 0 saturated heterocycles. The second-order valence-corrected chi connectivity index (χ2v) is 4.15. The molecule has 0 atom stereocenters. The normalized spacial score (nSPS) is 12.5. The van der Waals surface area contributed by atoms with E-state index in [4.69, 9.17) is 15.2 Å². The van der Waals surface area contributed by atoms with Crippen LogP contribution in [0.3, 0.4) is 0 Å². The van der Waals surface area contributed by atoms with E-state index in [1.807, 2.05) is 18.2 Å². The van der Waals surface area contributed by atoms with Crippen LogP contribution in [0.25, 0.3) is 0 Å². The zero-order chi connectivity index (χ0) is 12.8. The van der Waals surface area contributed by atoms with Crippen molar-refractivity contribution in [3.05, 3.63) is 23.8 Å². The van der Waals surface area contributed by atoms with Gasteiger partial charge in [0.25, 0.3) is 0 Å². The molecule has 0 spiro atoms. The number of nitrogens with one attached hydrogen (secondary N) is 1. The Hall–Kier alpha value is -1.46. The highest BCUT2D eigenvalue weighted by Crippen LogP contribution is 2.30. The Labute approximate surface area is 118 Å². The van der Waals surface area contributed by atoms with Gasteiger partial charge in [-0.15, -0.1) is 12.4 Å². The fourth-order valence-electron chi connectivity index (χ4n) is 1.75. The number of carbonyl (C=O) groups is 1. The number of fused-ring (bicyclic) bond motifs is 1. The fourth-order valence-corrected chi connectivity index (χ4v) is 1.75. The first-order valence-electron chi connectivity index (χ1n) is 6.15. The molecule has 0 aromatic heterocycles. The van der Waals surface area contributed by atoms with E-state index in [1.165, 1.54) is 0 Å². The summed E-state index contributed by atoms with van der Waals surface area (Å²) >= 11 is 0. The minimum Gasteiger partial charge on any atom is -0.486 e. The number of carbonyl (C=O) groups excluding carboxylic acids is 1. The number of ether oxygens (including phenoxy) is 2. The molecular weight excluding hydrogens is 268 g/mol. The van der Waals surface area contributed by atoms with Gasteiger partial charge in [-0.3, -0.25) is 4.79 Å². The third kappa shape index (κ3) is 4.61. The smallest absolute Gasteiger partial charge is 0.220 e. The molecular formula is C13H19ClN2O3. The van der Waals surface area contributed by atoms with E-state index in [-0.39, 0.29) is 18.3 Å². The van der Waals surface area contributed by atoms with E-state index in [1.54, 1.807) is 0 Å². The summed E-state index contributed by atoms with van der Waals surface area (Å²) in [5, 5.41) is 2.85. The van der Waals surface area contributed by atoms with Gasteiger partial charge in [-0.2, -0.15) is 0 Å². The summed E-state index contributed by atoms with van der Waals surface area (Å²) in [5.74, 6) is 1.53. The zero-order valence-electron chi connectivity index (χ0n) is 10.7. The second-order valence-electron chi connectivity index (χ2n) is 4.15. The van der Waals surface area contributed by atoms with Crippen LogP contribution in [0.5, 0.6) is 11.5 Å². The molecule has 1 heterocycles. The van der Waals surface area contributed by atoms with Gasteiger partial charge in [-0.25, -0.2) is 0 Å². The molecule has 1 aromatic carbocycles. The second kappa shape index (κ2) is 7.86. The van der Waals surface area contributed by atoms with Crippen LogP contribution in [0.4, 0.5) is 0 Å². The minimum absolute atomic E-state index is 0. The van der Waals surface area contributed by atoms with E-state index in [0.717, 1.165) is 17.1 Å². The first-order chi connectivity index (χ1) is 8.79. The quantitative estimate of drug-likeness (QED) is 0.854. The van der Waals surface area contributed by atoms with Gasteiger partial charge >= 0.3 is 0 Å². The highest BCUT2D eigenvalue weighted by Gasteiger charge is 2.11. The van der Waals surface area contributed by atoms with Crippen LogP contribution in [0.15, 0.2) is 18.2 Å². The third-order valence-corrected chi connectivity index (χ3v) is 2.70. The van der Waals surface area contributed by atoms with Crippen LogP contribution < -0.4 is 20.5 Å². The van der Waals surface area contributed by atoms with Crippen LogP contribution in [-0.4, -0.2) is 25.7 Å². The zero-order valence-corrected chi connectivity index (χ0v) is 11.5. The minimum atomic E-state index is 0. The van der Waals surface area contributed by atoms with Gasteiger partial charge in [-0.1, -0.05) is 6.07 Å². The molecule has 0 unspecified atom stereocenters. The lowest BCUT2D eigenvalue weighted by Crippen LogP contribution is -2.23. The van der Waals surface area contributed by atoms with Gasteiger partial charge < -0.3 is 20.5 Å². The van der Waals surface area contributed by atoms with Gasteiger partial charge in [0.05, 0.1) is 0 Å². The number of hydrogen-bond acceptors (Lipinski definition) is 4. The Morgan fingerprint density at radius 2 is 2.00 bits per heavy atom. The highest BCUT2D eigenvalue weighted by atomic mass is 35.5. The molecule has 1 amide bonds. The highest BCUT2D eigenvalue weighted by molar-refractivity contribution is 5.85. The summed E-state index contributed by atoms with van der Waals surface area (Å²) in [6.07, 6.45) is 1.19. The Morgan fingerprint density at radius 1 is 1.26 bits per heavy atom. The largest absolute Gasteiger partial charge is 0.486 e. The summed E-state index contributed by atoms with van der Waals surface area (Å²) < 4.78 is 10.9. The van der Waals surface area contributed by atoms with Gasteiger partial charge in [0.1, 0.15) is 13.2 Å². The van der Waals surface area contributed by atoms with Crippen molar-refractivity contribution in [2.75, 3.05) is 19.8 Å². The topological polar surface area (TPSA) is 73.6 Å². The molecule has 0 saturated carbocycles. The first kappa shape index (κ1) is 15.6. The number of hydrogen-bond donors (Lipinski definition) is 2. The molecule has 106 valence electrons. The molecule has 1 aliphatic rings. The Bertz CT molecular complexity index is 426. The predicted octanol–water partition coefficient (Wildman–Crippen LogP) is 1.23. The predicted molar refractivity (Wildman–Crippen MR) is 74.8 cm³/mol. The van der Waals surface area contributed by atoms with Gasteiger partial charge in [0.2, 0.25) is 5.91 Å². The van der Waals surface area contributed by atoms with Crippen LogP contribution >= 0.6 is 12.4 Å². The molecule has 1 aliphatic heterocycles. The van der Waals surface area contributed by atoms with Crippen molar-refractivity contribution < 1.29 is 14.3 Å². The van der Waals surface area contributed by atoms with E-state index < -0.39 is 0 Å². The standard InChI is InChI=1S/C13H18N2O3.ClH/c14-5-1-2-13(16)15-9-10-3-4-11-12(8-10)18-7-6-17-11;/h3-4,8H,1-2,5-7,9,14H2,(H,15,16);1H. The number of benzene rings is 1. The number of halogens is 1. The summed E-state index contributed by atoms with van der Waals surface area (Å²) in [5.41, 5.74) is 6.35. The first-order valence-corrected chi connectivity index (χ1v) is 6.15.